The van der Waals surface area contributed by atoms with E-state index in [9.17, 15) is 4.79 Å². The van der Waals surface area contributed by atoms with Crippen LogP contribution in [0.2, 0.25) is 0 Å². The number of thiazole rings is 1. The monoisotopic (exact) mass is 348 g/mol. The van der Waals surface area contributed by atoms with Crippen molar-refractivity contribution in [3.63, 3.8) is 0 Å². The van der Waals surface area contributed by atoms with Crippen molar-refractivity contribution in [2.45, 2.75) is 0 Å². The van der Waals surface area contributed by atoms with Crippen LogP contribution in [0.1, 0.15) is 15.9 Å². The number of rotatable bonds is 2. The molecule has 6 heteroatoms. The highest BCUT2D eigenvalue weighted by atomic mass is 32.1. The number of nitrogens with zero attached hydrogens (tertiary/aromatic N) is 4. The predicted octanol–water partition coefficient (Wildman–Crippen LogP) is 3.13. The predicted molar refractivity (Wildman–Crippen MR) is 98.9 cm³/mol. The van der Waals surface area contributed by atoms with Gasteiger partial charge in [-0.05, 0) is 30.3 Å². The maximum Gasteiger partial charge on any atom is 0.254 e. The molecule has 4 rings (SSSR count). The van der Waals surface area contributed by atoms with Crippen molar-refractivity contribution in [2.75, 3.05) is 31.1 Å². The Morgan fingerprint density at radius 1 is 1.08 bits per heavy atom. The van der Waals surface area contributed by atoms with Gasteiger partial charge in [-0.2, -0.15) is 5.26 Å². The molecule has 124 valence electrons. The Morgan fingerprint density at radius 2 is 1.88 bits per heavy atom. The number of amides is 1. The summed E-state index contributed by atoms with van der Waals surface area (Å²) in [6, 6.07) is 17.1. The Kier molecular flexibility index (Phi) is 4.08. The van der Waals surface area contributed by atoms with E-state index in [0.717, 1.165) is 23.7 Å². The van der Waals surface area contributed by atoms with E-state index in [2.05, 4.69) is 17.0 Å². The highest BCUT2D eigenvalue weighted by molar-refractivity contribution is 7.22. The number of hydrogen-bond acceptors (Lipinski definition) is 5. The lowest BCUT2D eigenvalue weighted by molar-refractivity contribution is 0.0746. The maximum atomic E-state index is 12.6. The lowest BCUT2D eigenvalue weighted by Gasteiger charge is -2.34. The fourth-order valence-electron chi connectivity index (χ4n) is 3.00. The molecule has 5 nitrogen and oxygen atoms in total. The summed E-state index contributed by atoms with van der Waals surface area (Å²) in [5.74, 6) is -0.0129. The molecule has 2 aromatic carbocycles. The zero-order chi connectivity index (χ0) is 17.2. The zero-order valence-corrected chi connectivity index (χ0v) is 14.4. The third-order valence-corrected chi connectivity index (χ3v) is 5.46. The van der Waals surface area contributed by atoms with Gasteiger partial charge in [0.25, 0.3) is 5.91 Å². The third kappa shape index (κ3) is 3.06. The number of aromatic nitrogens is 1. The van der Waals surface area contributed by atoms with E-state index in [1.54, 1.807) is 35.6 Å². The van der Waals surface area contributed by atoms with Crippen molar-refractivity contribution in [3.8, 4) is 6.07 Å². The quantitative estimate of drug-likeness (QED) is 0.714. The fourth-order valence-corrected chi connectivity index (χ4v) is 4.02. The number of hydrogen-bond donors (Lipinski definition) is 0. The van der Waals surface area contributed by atoms with E-state index < -0.39 is 0 Å². The van der Waals surface area contributed by atoms with Gasteiger partial charge in [-0.3, -0.25) is 4.79 Å². The summed E-state index contributed by atoms with van der Waals surface area (Å²) in [5.41, 5.74) is 2.11. The van der Waals surface area contributed by atoms with Gasteiger partial charge in [-0.1, -0.05) is 29.5 Å². The highest BCUT2D eigenvalue weighted by Crippen LogP contribution is 2.29. The number of nitriles is 1. The fraction of sp³-hybridized carbons (Fsp3) is 0.211. The molecular weight excluding hydrogens is 332 g/mol. The zero-order valence-electron chi connectivity index (χ0n) is 13.6. The van der Waals surface area contributed by atoms with Crippen molar-refractivity contribution >= 4 is 32.6 Å². The van der Waals surface area contributed by atoms with Crippen molar-refractivity contribution in [2.24, 2.45) is 0 Å². The van der Waals surface area contributed by atoms with Crippen molar-refractivity contribution < 1.29 is 4.79 Å². The minimum absolute atomic E-state index is 0.0129. The Hall–Kier alpha value is -2.91. The van der Waals surface area contributed by atoms with Crippen LogP contribution in [0, 0.1) is 11.3 Å². The molecular formula is C19H16N4OS. The summed E-state index contributed by atoms with van der Waals surface area (Å²) >= 11 is 1.69. The first kappa shape index (κ1) is 15.6. The van der Waals surface area contributed by atoms with E-state index in [-0.39, 0.29) is 5.91 Å². The number of para-hydroxylation sites is 1. The van der Waals surface area contributed by atoms with Gasteiger partial charge in [-0.25, -0.2) is 4.98 Å². The molecule has 25 heavy (non-hydrogen) atoms. The molecule has 2 heterocycles. The molecule has 1 aliphatic heterocycles. The minimum Gasteiger partial charge on any atom is -0.345 e. The summed E-state index contributed by atoms with van der Waals surface area (Å²) in [4.78, 5) is 21.4. The Labute approximate surface area is 149 Å². The molecule has 1 aliphatic rings. The van der Waals surface area contributed by atoms with E-state index in [1.807, 2.05) is 23.1 Å². The van der Waals surface area contributed by atoms with Gasteiger partial charge in [-0.15, -0.1) is 0 Å². The second kappa shape index (κ2) is 6.54. The van der Waals surface area contributed by atoms with Gasteiger partial charge < -0.3 is 9.80 Å². The highest BCUT2D eigenvalue weighted by Gasteiger charge is 2.24. The summed E-state index contributed by atoms with van der Waals surface area (Å²) in [6.07, 6.45) is 0. The molecule has 1 saturated heterocycles. The van der Waals surface area contributed by atoms with Crippen molar-refractivity contribution in [1.29, 1.82) is 5.26 Å². The van der Waals surface area contributed by atoms with Crippen molar-refractivity contribution in [1.82, 2.24) is 9.88 Å². The molecule has 3 aromatic rings. The van der Waals surface area contributed by atoms with Crippen LogP contribution < -0.4 is 4.90 Å². The molecule has 1 amide bonds. The van der Waals surface area contributed by atoms with Crippen LogP contribution in [0.4, 0.5) is 5.13 Å². The molecule has 0 bridgehead atoms. The molecule has 1 fully saturated rings. The summed E-state index contributed by atoms with van der Waals surface area (Å²) in [7, 11) is 0. The van der Waals surface area contributed by atoms with Crippen LogP contribution in [0.5, 0.6) is 0 Å². The van der Waals surface area contributed by atoms with Crippen LogP contribution in [-0.2, 0) is 0 Å². The molecule has 0 unspecified atom stereocenters. The van der Waals surface area contributed by atoms with Crippen LogP contribution in [0.3, 0.4) is 0 Å². The minimum atomic E-state index is -0.0129. The standard InChI is InChI=1S/C19H16N4OS/c20-13-14-4-3-5-15(12-14)18(24)22-8-10-23(11-9-22)19-21-16-6-1-2-7-17(16)25-19/h1-7,12H,8-11H2. The number of benzene rings is 2. The van der Waals surface area contributed by atoms with Gasteiger partial charge in [0.05, 0.1) is 21.8 Å². The van der Waals surface area contributed by atoms with Crippen LogP contribution >= 0.6 is 11.3 Å². The molecule has 0 N–H and O–H groups in total. The van der Waals surface area contributed by atoms with Gasteiger partial charge in [0.1, 0.15) is 0 Å². The number of carbonyl (C=O) groups is 1. The van der Waals surface area contributed by atoms with E-state index in [4.69, 9.17) is 10.2 Å². The lowest BCUT2D eigenvalue weighted by atomic mass is 10.1. The first-order valence-corrected chi connectivity index (χ1v) is 8.96. The number of fused-ring (bicyclic) bond motifs is 1. The van der Waals surface area contributed by atoms with Gasteiger partial charge in [0, 0.05) is 31.7 Å². The normalized spacial score (nSPS) is 14.5. The smallest absolute Gasteiger partial charge is 0.254 e. The SMILES string of the molecule is N#Cc1cccc(C(=O)N2CCN(c3nc4ccccc4s3)CC2)c1. The maximum absolute atomic E-state index is 12.6. The van der Waals surface area contributed by atoms with E-state index in [0.29, 0.717) is 24.2 Å². The topological polar surface area (TPSA) is 60.2 Å². The third-order valence-electron chi connectivity index (χ3n) is 4.36. The molecule has 1 aromatic heterocycles. The first-order valence-electron chi connectivity index (χ1n) is 8.14. The average molecular weight is 348 g/mol. The van der Waals surface area contributed by atoms with Crippen LogP contribution in [0.25, 0.3) is 10.2 Å². The molecule has 0 spiro atoms. The molecule has 0 aliphatic carbocycles. The number of carbonyl (C=O) groups excluding carboxylic acids is 1. The molecule has 0 saturated carbocycles. The summed E-state index contributed by atoms with van der Waals surface area (Å²) < 4.78 is 1.18. The van der Waals surface area contributed by atoms with E-state index in [1.165, 1.54) is 4.70 Å². The first-order chi connectivity index (χ1) is 12.2. The second-order valence-corrected chi connectivity index (χ2v) is 6.95. The van der Waals surface area contributed by atoms with Crippen molar-refractivity contribution in [3.05, 3.63) is 59.7 Å². The summed E-state index contributed by atoms with van der Waals surface area (Å²) in [6.45, 7) is 2.85. The lowest BCUT2D eigenvalue weighted by Crippen LogP contribution is -2.48. The second-order valence-electron chi connectivity index (χ2n) is 5.94. The van der Waals surface area contributed by atoms with Gasteiger partial charge >= 0.3 is 0 Å². The van der Waals surface area contributed by atoms with Crippen LogP contribution in [0.15, 0.2) is 48.5 Å². The largest absolute Gasteiger partial charge is 0.345 e. The van der Waals surface area contributed by atoms with Crippen LogP contribution in [-0.4, -0.2) is 42.0 Å². The Balaban J connectivity index is 1.45. The van der Waals surface area contributed by atoms with Gasteiger partial charge in [0.2, 0.25) is 0 Å². The Bertz CT molecular complexity index is 934. The summed E-state index contributed by atoms with van der Waals surface area (Å²) in [5, 5.41) is 10.0. The molecule has 0 radical (unpaired) electrons. The molecule has 0 atom stereocenters. The number of piperazine rings is 1. The Morgan fingerprint density at radius 3 is 2.64 bits per heavy atom. The van der Waals surface area contributed by atoms with Gasteiger partial charge in [0.15, 0.2) is 5.13 Å². The number of anilines is 1. The van der Waals surface area contributed by atoms with E-state index >= 15 is 0 Å². The average Bonchev–Trinajstić information content (AvgIpc) is 3.12.